The van der Waals surface area contributed by atoms with Crippen molar-refractivity contribution in [2.75, 3.05) is 27.4 Å². The molecule has 46 heavy (non-hydrogen) atoms. The van der Waals surface area contributed by atoms with Crippen molar-refractivity contribution in [2.45, 2.75) is 33.1 Å². The van der Waals surface area contributed by atoms with Crippen LogP contribution < -0.4 is 14.2 Å². The van der Waals surface area contributed by atoms with Gasteiger partial charge in [-0.1, -0.05) is 37.6 Å². The molecular weight excluding hydrogens is 580 g/mol. The van der Waals surface area contributed by atoms with E-state index < -0.39 is 11.8 Å². The summed E-state index contributed by atoms with van der Waals surface area (Å²) in [5.41, 5.74) is 4.36. The number of nitrogens with zero attached hydrogens (tertiary/aromatic N) is 4. The number of benzene rings is 3. The first-order valence-corrected chi connectivity index (χ1v) is 15.2. The Balaban J connectivity index is 1.52. The molecule has 0 saturated carbocycles. The van der Waals surface area contributed by atoms with Gasteiger partial charge in [0.1, 0.15) is 17.4 Å². The van der Waals surface area contributed by atoms with E-state index in [1.165, 1.54) is 0 Å². The number of hydrogen-bond donors (Lipinski definition) is 0. The Kier molecular flexibility index (Phi) is 9.98. The second-order valence-corrected chi connectivity index (χ2v) is 10.8. The van der Waals surface area contributed by atoms with Crippen LogP contribution in [0.5, 0.6) is 17.2 Å². The summed E-state index contributed by atoms with van der Waals surface area (Å²) in [5, 5.41) is 14.9. The van der Waals surface area contributed by atoms with Gasteiger partial charge in [-0.2, -0.15) is 10.4 Å². The summed E-state index contributed by atoms with van der Waals surface area (Å²) in [5.74, 6) is 0.816. The molecule has 0 fully saturated rings. The molecule has 2 heterocycles. The van der Waals surface area contributed by atoms with E-state index in [1.807, 2.05) is 79.0 Å². The average molecular weight is 617 g/mol. The van der Waals surface area contributed by atoms with E-state index in [2.05, 4.69) is 6.92 Å². The normalized spacial score (nSPS) is 14.1. The van der Waals surface area contributed by atoms with Gasteiger partial charge in [0.25, 0.3) is 11.8 Å². The summed E-state index contributed by atoms with van der Waals surface area (Å²) in [6, 6.07) is 24.8. The maximum Gasteiger partial charge on any atom is 0.271 e. The van der Waals surface area contributed by atoms with Crippen LogP contribution in [0.3, 0.4) is 0 Å². The van der Waals surface area contributed by atoms with Crippen molar-refractivity contribution in [1.29, 1.82) is 5.26 Å². The van der Waals surface area contributed by atoms with Gasteiger partial charge in [0.05, 0.1) is 32.2 Å². The lowest BCUT2D eigenvalue weighted by atomic mass is 9.93. The van der Waals surface area contributed by atoms with Crippen molar-refractivity contribution >= 4 is 17.9 Å². The molecule has 2 amide bonds. The zero-order valence-electron chi connectivity index (χ0n) is 26.4. The molecule has 0 spiro atoms. The number of carbonyl (C=O) groups excluding carboxylic acids is 2. The molecule has 0 atom stereocenters. The number of para-hydroxylation sites is 1. The molecule has 0 aliphatic carbocycles. The molecule has 0 bridgehead atoms. The molecule has 3 aromatic carbocycles. The topological polar surface area (TPSA) is 107 Å². The fourth-order valence-electron chi connectivity index (χ4n) is 5.24. The van der Waals surface area contributed by atoms with E-state index in [-0.39, 0.29) is 17.7 Å². The van der Waals surface area contributed by atoms with Crippen LogP contribution in [0, 0.1) is 11.3 Å². The molecule has 9 heteroatoms. The van der Waals surface area contributed by atoms with Gasteiger partial charge in [-0.3, -0.25) is 14.5 Å². The maximum atomic E-state index is 14.0. The van der Waals surface area contributed by atoms with Crippen LogP contribution in [-0.2, 0) is 16.0 Å². The molecule has 4 aromatic rings. The van der Waals surface area contributed by atoms with Gasteiger partial charge in [0.2, 0.25) is 0 Å². The zero-order chi connectivity index (χ0) is 32.6. The molecule has 9 nitrogen and oxygen atoms in total. The van der Waals surface area contributed by atoms with Crippen LogP contribution in [0.25, 0.3) is 23.0 Å². The third kappa shape index (κ3) is 6.71. The molecule has 0 unspecified atom stereocenters. The molecule has 0 N–H and O–H groups in total. The number of carbonyl (C=O) groups is 2. The zero-order valence-corrected chi connectivity index (χ0v) is 26.4. The van der Waals surface area contributed by atoms with E-state index in [4.69, 9.17) is 19.3 Å². The van der Waals surface area contributed by atoms with Gasteiger partial charge in [0, 0.05) is 29.4 Å². The minimum atomic E-state index is -0.610. The van der Waals surface area contributed by atoms with E-state index in [9.17, 15) is 14.9 Å². The number of methoxy groups -OCH3 is 2. The summed E-state index contributed by atoms with van der Waals surface area (Å²) in [6.07, 6.45) is 5.96. The van der Waals surface area contributed by atoms with Crippen molar-refractivity contribution in [3.05, 3.63) is 107 Å². The van der Waals surface area contributed by atoms with E-state index in [0.29, 0.717) is 41.4 Å². The van der Waals surface area contributed by atoms with Crippen molar-refractivity contribution in [1.82, 2.24) is 14.7 Å². The van der Waals surface area contributed by atoms with Crippen LogP contribution in [0.1, 0.15) is 37.8 Å². The Labute approximate surface area is 268 Å². The Morgan fingerprint density at radius 1 is 0.935 bits per heavy atom. The smallest absolute Gasteiger partial charge is 0.271 e. The van der Waals surface area contributed by atoms with Crippen molar-refractivity contribution in [3.63, 3.8) is 0 Å². The minimum Gasteiger partial charge on any atom is -0.494 e. The lowest BCUT2D eigenvalue weighted by Gasteiger charge is -2.27. The largest absolute Gasteiger partial charge is 0.494 e. The number of imide groups is 1. The highest BCUT2D eigenvalue weighted by Crippen LogP contribution is 2.33. The van der Waals surface area contributed by atoms with Crippen LogP contribution in [0.4, 0.5) is 0 Å². The minimum absolute atomic E-state index is 0.0660. The van der Waals surface area contributed by atoms with Gasteiger partial charge >= 0.3 is 0 Å². The summed E-state index contributed by atoms with van der Waals surface area (Å²) in [4.78, 5) is 28.4. The third-order valence-electron chi connectivity index (χ3n) is 7.85. The fraction of sp³-hybridized carbons (Fsp3) is 0.243. The van der Waals surface area contributed by atoms with Gasteiger partial charge in [-0.15, -0.1) is 0 Å². The number of nitriles is 1. The number of hydrogen-bond acceptors (Lipinski definition) is 7. The monoisotopic (exact) mass is 616 g/mol. The average Bonchev–Trinajstić information content (AvgIpc) is 3.51. The molecule has 0 radical (unpaired) electrons. The summed E-state index contributed by atoms with van der Waals surface area (Å²) >= 11 is 0. The predicted octanol–water partition coefficient (Wildman–Crippen LogP) is 6.57. The van der Waals surface area contributed by atoms with E-state index in [1.54, 1.807) is 38.0 Å². The van der Waals surface area contributed by atoms with Crippen molar-refractivity contribution < 1.29 is 23.8 Å². The highest BCUT2D eigenvalue weighted by molar-refractivity contribution is 6.19. The second-order valence-electron chi connectivity index (χ2n) is 10.8. The first-order valence-electron chi connectivity index (χ1n) is 15.2. The van der Waals surface area contributed by atoms with Crippen LogP contribution >= 0.6 is 0 Å². The maximum absolute atomic E-state index is 14.0. The third-order valence-corrected chi connectivity index (χ3v) is 7.85. The fourth-order valence-corrected chi connectivity index (χ4v) is 5.24. The lowest BCUT2D eigenvalue weighted by molar-refractivity contribution is -0.140. The van der Waals surface area contributed by atoms with Gasteiger partial charge < -0.3 is 14.2 Å². The molecular formula is C37H36N4O5. The Morgan fingerprint density at radius 2 is 1.67 bits per heavy atom. The summed E-state index contributed by atoms with van der Waals surface area (Å²) < 4.78 is 18.3. The number of rotatable bonds is 12. The number of aromatic nitrogens is 2. The first-order chi connectivity index (χ1) is 22.4. The number of amides is 2. The summed E-state index contributed by atoms with van der Waals surface area (Å²) in [6.45, 7) is 4.48. The van der Waals surface area contributed by atoms with Crippen LogP contribution in [0.15, 0.2) is 95.7 Å². The first kappa shape index (κ1) is 31.8. The van der Waals surface area contributed by atoms with Gasteiger partial charge in [-0.05, 0) is 85.5 Å². The highest BCUT2D eigenvalue weighted by atomic mass is 16.5. The highest BCUT2D eigenvalue weighted by Gasteiger charge is 2.35. The second kappa shape index (κ2) is 14.4. The van der Waals surface area contributed by atoms with Crippen LogP contribution in [0.2, 0.25) is 0 Å². The Hall–Kier alpha value is -5.62. The molecule has 0 saturated heterocycles. The number of ether oxygens (including phenoxy) is 3. The molecule has 1 aliphatic rings. The van der Waals surface area contributed by atoms with Crippen molar-refractivity contribution in [2.24, 2.45) is 0 Å². The lowest BCUT2D eigenvalue weighted by Crippen LogP contribution is -2.43. The molecule has 1 aliphatic heterocycles. The quantitative estimate of drug-likeness (QED) is 0.101. The van der Waals surface area contributed by atoms with Gasteiger partial charge in [0.15, 0.2) is 11.5 Å². The van der Waals surface area contributed by atoms with Gasteiger partial charge in [-0.25, -0.2) is 4.68 Å². The molecule has 1 aromatic heterocycles. The van der Waals surface area contributed by atoms with Crippen molar-refractivity contribution in [3.8, 4) is 40.3 Å². The SMILES string of the molecule is CCCCOc1ccc(-c2nn(-c3ccccc3)cc2/C=C2/C(=O)N(CCc3ccc(OC)c(OC)c3)C(=O)C(C#N)=C2C)cc1. The molecule has 234 valence electrons. The number of unbranched alkanes of at least 4 members (excludes halogenated alkanes) is 1. The van der Waals surface area contributed by atoms with E-state index in [0.717, 1.165) is 40.3 Å². The summed E-state index contributed by atoms with van der Waals surface area (Å²) in [7, 11) is 3.11. The van der Waals surface area contributed by atoms with E-state index >= 15 is 0 Å². The van der Waals surface area contributed by atoms with Crippen LogP contribution in [-0.4, -0.2) is 53.9 Å². The predicted molar refractivity (Wildman–Crippen MR) is 176 cm³/mol. The molecule has 5 rings (SSSR count). The Morgan fingerprint density at radius 3 is 2.35 bits per heavy atom. The standard InChI is InChI=1S/C37H36N4O5/c1-5-6-20-46-30-15-13-27(14-16-30)35-28(24-41(39-35)29-10-8-7-9-11-29)22-31-25(2)32(23-38)37(43)40(36(31)42)19-18-26-12-17-33(44-3)34(21-26)45-4/h7-17,21-22,24H,5-6,18-20H2,1-4H3/b31-22+. The Bertz CT molecular complexity index is 1830.